The summed E-state index contributed by atoms with van der Waals surface area (Å²) in [5.41, 5.74) is 0.848. The summed E-state index contributed by atoms with van der Waals surface area (Å²) < 4.78 is 0. The van der Waals surface area contributed by atoms with Gasteiger partial charge in [-0.3, -0.25) is 9.59 Å². The van der Waals surface area contributed by atoms with Crippen LogP contribution in [0.1, 0.15) is 50.0 Å². The van der Waals surface area contributed by atoms with Crippen LogP contribution >= 0.6 is 22.7 Å². The van der Waals surface area contributed by atoms with Gasteiger partial charge in [0.05, 0.1) is 11.5 Å². The molecule has 0 aliphatic rings. The topological polar surface area (TPSA) is 74.6 Å². The van der Waals surface area contributed by atoms with Gasteiger partial charge < -0.3 is 10.2 Å². The monoisotopic (exact) mass is 430 g/mol. The number of ketones is 2. The smallest absolute Gasteiger partial charge is 0.189 e. The molecule has 4 nitrogen and oxygen atoms in total. The maximum atomic E-state index is 12.1. The average Bonchev–Trinajstić information content (AvgIpc) is 3.29. The first-order valence-electron chi connectivity index (χ1n) is 9.43. The van der Waals surface area contributed by atoms with Crippen molar-refractivity contribution in [3.63, 3.8) is 0 Å². The lowest BCUT2D eigenvalue weighted by molar-refractivity contribution is -0.123. The first kappa shape index (κ1) is 23.2. The van der Waals surface area contributed by atoms with Crippen LogP contribution < -0.4 is 0 Å². The number of allylic oxidation sites excluding steroid dienone is 1. The van der Waals surface area contributed by atoms with E-state index < -0.39 is 12.0 Å². The zero-order chi connectivity index (χ0) is 21.6. The van der Waals surface area contributed by atoms with E-state index in [-0.39, 0.29) is 24.1 Å². The molecule has 0 saturated heterocycles. The molecule has 154 valence electrons. The molecule has 0 aliphatic carbocycles. The summed E-state index contributed by atoms with van der Waals surface area (Å²) in [4.78, 5) is 27.4. The number of Topliss-reactive ketones (excluding diaryl/α,β-unsaturated/α-hetero) is 1. The van der Waals surface area contributed by atoms with Crippen molar-refractivity contribution >= 4 is 34.2 Å². The van der Waals surface area contributed by atoms with Crippen LogP contribution in [0.4, 0.5) is 0 Å². The third-order valence-electron chi connectivity index (χ3n) is 4.00. The molecule has 0 aromatic carbocycles. The van der Waals surface area contributed by atoms with Crippen LogP contribution in [0.15, 0.2) is 35.9 Å². The quantitative estimate of drug-likeness (QED) is 0.473. The first-order valence-corrected chi connectivity index (χ1v) is 11.1. The third-order valence-corrected chi connectivity index (χ3v) is 6.33. The number of carbonyl (C=O) groups is 2. The molecule has 2 unspecified atom stereocenters. The Morgan fingerprint density at radius 2 is 1.76 bits per heavy atom. The van der Waals surface area contributed by atoms with Crippen molar-refractivity contribution in [1.29, 1.82) is 0 Å². The Balaban J connectivity index is 2.13. The average molecular weight is 431 g/mol. The predicted octanol–water partition coefficient (Wildman–Crippen LogP) is 4.62. The summed E-state index contributed by atoms with van der Waals surface area (Å²) in [6.45, 7) is 7.28. The zero-order valence-corrected chi connectivity index (χ0v) is 18.7. The van der Waals surface area contributed by atoms with Gasteiger partial charge in [0.25, 0.3) is 0 Å². The molecule has 0 aliphatic heterocycles. The molecule has 2 aromatic heterocycles. The highest BCUT2D eigenvalue weighted by Gasteiger charge is 2.18. The Hall–Kier alpha value is -2.04. The zero-order valence-electron chi connectivity index (χ0n) is 17.1. The van der Waals surface area contributed by atoms with E-state index in [2.05, 4.69) is 11.8 Å². The summed E-state index contributed by atoms with van der Waals surface area (Å²) in [6.07, 6.45) is 0.697. The lowest BCUT2D eigenvalue weighted by atomic mass is 9.97. The summed E-state index contributed by atoms with van der Waals surface area (Å²) >= 11 is 2.85. The van der Waals surface area contributed by atoms with E-state index in [1.165, 1.54) is 28.7 Å². The van der Waals surface area contributed by atoms with Gasteiger partial charge in [0.15, 0.2) is 11.9 Å². The van der Waals surface area contributed by atoms with Gasteiger partial charge in [-0.05, 0) is 50.1 Å². The molecule has 0 radical (unpaired) electrons. The molecule has 0 amide bonds. The van der Waals surface area contributed by atoms with Crippen LogP contribution in [0.5, 0.6) is 0 Å². The van der Waals surface area contributed by atoms with Crippen molar-refractivity contribution in [3.8, 4) is 21.6 Å². The van der Waals surface area contributed by atoms with E-state index >= 15 is 0 Å². The largest absolute Gasteiger partial charge is 0.395 e. The van der Waals surface area contributed by atoms with Crippen molar-refractivity contribution in [2.75, 3.05) is 6.61 Å². The van der Waals surface area contributed by atoms with Gasteiger partial charge in [0, 0.05) is 21.1 Å². The summed E-state index contributed by atoms with van der Waals surface area (Å²) in [5.74, 6) is 5.09. The Bertz CT molecular complexity index is 949. The van der Waals surface area contributed by atoms with E-state index in [9.17, 15) is 19.8 Å². The minimum atomic E-state index is -1.15. The second-order valence-corrected chi connectivity index (χ2v) is 9.66. The minimum absolute atomic E-state index is 0.0373. The van der Waals surface area contributed by atoms with Gasteiger partial charge in [-0.1, -0.05) is 31.3 Å². The van der Waals surface area contributed by atoms with E-state index in [0.717, 1.165) is 20.2 Å². The Morgan fingerprint density at radius 3 is 2.38 bits per heavy atom. The van der Waals surface area contributed by atoms with Crippen molar-refractivity contribution in [2.24, 2.45) is 11.8 Å². The van der Waals surface area contributed by atoms with Gasteiger partial charge in [0.2, 0.25) is 0 Å². The lowest BCUT2D eigenvalue weighted by Crippen LogP contribution is -2.18. The van der Waals surface area contributed by atoms with Gasteiger partial charge in [-0.2, -0.15) is 0 Å². The van der Waals surface area contributed by atoms with Gasteiger partial charge in [-0.25, -0.2) is 0 Å². The Kier molecular flexibility index (Phi) is 8.54. The van der Waals surface area contributed by atoms with Gasteiger partial charge in [0.1, 0.15) is 11.7 Å². The lowest BCUT2D eigenvalue weighted by Gasteiger charge is -2.07. The number of hydrogen-bond donors (Lipinski definition) is 2. The maximum Gasteiger partial charge on any atom is 0.189 e. The number of hydrogen-bond acceptors (Lipinski definition) is 6. The van der Waals surface area contributed by atoms with Crippen LogP contribution in [0.2, 0.25) is 0 Å². The molecule has 0 spiro atoms. The predicted molar refractivity (Wildman–Crippen MR) is 119 cm³/mol. The van der Waals surface area contributed by atoms with Crippen molar-refractivity contribution in [1.82, 2.24) is 0 Å². The fraction of sp³-hybridized carbons (Fsp3) is 0.391. The SMILES string of the molecule is CC(C)=CC(=O)C(O)c1ccc(-c2ccc(C#CC(CO)C(=O)CC(C)C)s2)s1. The fourth-order valence-electron chi connectivity index (χ4n) is 2.60. The molecule has 2 aromatic rings. The van der Waals surface area contributed by atoms with Crippen LogP contribution in [0.3, 0.4) is 0 Å². The number of carbonyl (C=O) groups excluding carboxylic acids is 2. The second-order valence-electron chi connectivity index (χ2n) is 7.46. The number of rotatable bonds is 8. The summed E-state index contributed by atoms with van der Waals surface area (Å²) in [5, 5.41) is 19.7. The number of aliphatic hydroxyl groups is 2. The van der Waals surface area contributed by atoms with Crippen molar-refractivity contribution in [3.05, 3.63) is 45.7 Å². The van der Waals surface area contributed by atoms with Crippen molar-refractivity contribution < 1.29 is 19.8 Å². The second kappa shape index (κ2) is 10.7. The Labute approximate surface area is 179 Å². The van der Waals surface area contributed by atoms with E-state index in [0.29, 0.717) is 11.3 Å². The van der Waals surface area contributed by atoms with E-state index in [1.807, 2.05) is 45.9 Å². The minimum Gasteiger partial charge on any atom is -0.395 e. The molecule has 2 rings (SSSR count). The molecule has 0 bridgehead atoms. The third kappa shape index (κ3) is 6.76. The summed E-state index contributed by atoms with van der Waals surface area (Å²) in [7, 11) is 0. The normalized spacial score (nSPS) is 12.8. The van der Waals surface area contributed by atoms with E-state index in [4.69, 9.17) is 0 Å². The van der Waals surface area contributed by atoms with Crippen LogP contribution in [-0.2, 0) is 9.59 Å². The molecule has 2 N–H and O–H groups in total. The number of aliphatic hydroxyl groups excluding tert-OH is 2. The fourth-order valence-corrected chi connectivity index (χ4v) is 4.56. The highest BCUT2D eigenvalue weighted by Crippen LogP contribution is 2.35. The molecule has 2 heterocycles. The molecular formula is C23H26O4S2. The molecular weight excluding hydrogens is 404 g/mol. The molecule has 29 heavy (non-hydrogen) atoms. The first-order chi connectivity index (χ1) is 13.7. The maximum absolute atomic E-state index is 12.1. The Morgan fingerprint density at radius 1 is 1.10 bits per heavy atom. The number of thiophene rings is 2. The highest BCUT2D eigenvalue weighted by atomic mass is 32.1. The van der Waals surface area contributed by atoms with Gasteiger partial charge >= 0.3 is 0 Å². The van der Waals surface area contributed by atoms with Crippen molar-refractivity contribution in [2.45, 2.75) is 40.2 Å². The van der Waals surface area contributed by atoms with Crippen LogP contribution in [-0.4, -0.2) is 28.4 Å². The molecule has 6 heteroatoms. The van der Waals surface area contributed by atoms with E-state index in [1.54, 1.807) is 6.07 Å². The summed E-state index contributed by atoms with van der Waals surface area (Å²) in [6, 6.07) is 7.45. The van der Waals surface area contributed by atoms with Gasteiger partial charge in [-0.15, -0.1) is 22.7 Å². The molecule has 0 fully saturated rings. The van der Waals surface area contributed by atoms with Crippen LogP contribution in [0, 0.1) is 23.7 Å². The molecule has 2 atom stereocenters. The standard InChI is InChI=1S/C23H26O4S2/c1-14(2)11-18(25)16(13-24)5-6-17-7-8-20(28-17)21-9-10-22(29-21)23(27)19(26)12-15(3)4/h7-10,12,14,16,23-24,27H,11,13H2,1-4H3. The van der Waals surface area contributed by atoms with Crippen LogP contribution in [0.25, 0.3) is 9.75 Å². The highest BCUT2D eigenvalue weighted by molar-refractivity contribution is 7.22. The molecule has 0 saturated carbocycles.